The molecule has 39 heavy (non-hydrogen) atoms. The molecule has 2 aromatic carbocycles. The van der Waals surface area contributed by atoms with Gasteiger partial charge >= 0.3 is 0 Å². The van der Waals surface area contributed by atoms with Crippen LogP contribution < -0.4 is 16.0 Å². The van der Waals surface area contributed by atoms with Crippen LogP contribution in [0, 0.1) is 11.2 Å². The number of hydrogen-bond acceptors (Lipinski definition) is 4. The normalized spacial score (nSPS) is 27.1. The van der Waals surface area contributed by atoms with Crippen molar-refractivity contribution >= 4 is 40.7 Å². The first-order valence-corrected chi connectivity index (χ1v) is 13.7. The van der Waals surface area contributed by atoms with E-state index < -0.39 is 41.6 Å². The number of likely N-dealkylation sites (tertiary alicyclic amines) is 1. The predicted octanol–water partition coefficient (Wildman–Crippen LogP) is 4.95. The van der Waals surface area contributed by atoms with Crippen molar-refractivity contribution in [2.24, 2.45) is 5.41 Å². The van der Waals surface area contributed by atoms with Crippen LogP contribution in [0.25, 0.3) is 0 Å². The van der Waals surface area contributed by atoms with E-state index in [-0.39, 0.29) is 47.6 Å². The number of rotatable bonds is 6. The van der Waals surface area contributed by atoms with Crippen LogP contribution >= 0.6 is 23.2 Å². The Morgan fingerprint density at radius 2 is 1.92 bits per heavy atom. The van der Waals surface area contributed by atoms with Gasteiger partial charge in [0, 0.05) is 35.8 Å². The van der Waals surface area contributed by atoms with Crippen LogP contribution in [0.2, 0.25) is 10.0 Å². The van der Waals surface area contributed by atoms with Gasteiger partial charge in [-0.25, -0.2) is 13.2 Å². The van der Waals surface area contributed by atoms with Gasteiger partial charge in [-0.15, -0.1) is 0 Å². The van der Waals surface area contributed by atoms with Crippen LogP contribution in [-0.2, 0) is 15.0 Å². The zero-order valence-corrected chi connectivity index (χ0v) is 23.3. The summed E-state index contributed by atoms with van der Waals surface area (Å²) < 4.78 is 41.2. The van der Waals surface area contributed by atoms with Gasteiger partial charge in [0.2, 0.25) is 11.8 Å². The fraction of sp³-hybridized carbons (Fsp3) is 0.500. The molecule has 0 aromatic heterocycles. The molecule has 3 aliphatic rings. The number of amides is 2. The van der Waals surface area contributed by atoms with Gasteiger partial charge in [0.25, 0.3) is 6.43 Å². The lowest BCUT2D eigenvalue weighted by Crippen LogP contribution is -2.62. The molecule has 2 fully saturated rings. The highest BCUT2D eigenvalue weighted by molar-refractivity contribution is 6.31. The number of benzene rings is 2. The van der Waals surface area contributed by atoms with Gasteiger partial charge in [0.05, 0.1) is 23.7 Å². The monoisotopic (exact) mass is 582 g/mol. The van der Waals surface area contributed by atoms with E-state index in [2.05, 4.69) is 16.0 Å². The molecule has 1 spiro atoms. The standard InChI is InChI=1S/C28H31Cl2F3N4O2/c1-27(2,3)10-20-28(17-8-7-14(29)9-19(17)35-26(28)39)22(16-5-4-6-18(30)23(16)33)24(36-20)25(38)34-15-11-37(12-15)13-21(31)32/h4-9,15,20-22,24,36H,10-13H2,1-3H3,(H,34,38)(H,35,39)/t20-,22+,24-,28+/m1/s1. The van der Waals surface area contributed by atoms with Gasteiger partial charge in [-0.3, -0.25) is 14.5 Å². The Hall–Kier alpha value is -2.33. The Balaban J connectivity index is 1.61. The smallest absolute Gasteiger partial charge is 0.251 e. The minimum atomic E-state index is -2.46. The zero-order valence-electron chi connectivity index (χ0n) is 21.8. The Morgan fingerprint density at radius 3 is 2.59 bits per heavy atom. The highest BCUT2D eigenvalue weighted by Crippen LogP contribution is 2.57. The summed E-state index contributed by atoms with van der Waals surface area (Å²) in [6.45, 7) is 6.32. The van der Waals surface area contributed by atoms with E-state index in [1.54, 1.807) is 35.2 Å². The maximum absolute atomic E-state index is 15.7. The maximum Gasteiger partial charge on any atom is 0.251 e. The van der Waals surface area contributed by atoms with Gasteiger partial charge in [-0.2, -0.15) is 0 Å². The summed E-state index contributed by atoms with van der Waals surface area (Å²) in [5.74, 6) is -2.43. The Bertz CT molecular complexity index is 1300. The lowest BCUT2D eigenvalue weighted by atomic mass is 9.62. The molecule has 5 rings (SSSR count). The number of nitrogens with one attached hydrogen (secondary N) is 3. The van der Waals surface area contributed by atoms with E-state index in [0.29, 0.717) is 22.7 Å². The molecular formula is C28H31Cl2F3N4O2. The van der Waals surface area contributed by atoms with Crippen molar-refractivity contribution in [1.29, 1.82) is 0 Å². The van der Waals surface area contributed by atoms with Crippen LogP contribution in [0.15, 0.2) is 36.4 Å². The van der Waals surface area contributed by atoms with E-state index in [1.807, 2.05) is 20.8 Å². The number of carbonyl (C=O) groups is 2. The molecule has 210 valence electrons. The Kier molecular flexibility index (Phi) is 7.41. The number of anilines is 1. The van der Waals surface area contributed by atoms with Crippen molar-refractivity contribution in [1.82, 2.24) is 15.5 Å². The molecule has 0 aliphatic carbocycles. The molecule has 2 saturated heterocycles. The second-order valence-corrected chi connectivity index (χ2v) is 12.8. The van der Waals surface area contributed by atoms with Crippen molar-refractivity contribution in [2.45, 2.75) is 63.1 Å². The molecule has 6 nitrogen and oxygen atoms in total. The first-order valence-electron chi connectivity index (χ1n) is 12.9. The van der Waals surface area contributed by atoms with Crippen molar-refractivity contribution in [2.75, 3.05) is 25.0 Å². The lowest BCUT2D eigenvalue weighted by Gasteiger charge is -2.40. The lowest BCUT2D eigenvalue weighted by molar-refractivity contribution is -0.125. The highest BCUT2D eigenvalue weighted by Gasteiger charge is 2.66. The van der Waals surface area contributed by atoms with Crippen LogP contribution in [0.5, 0.6) is 0 Å². The number of carbonyl (C=O) groups excluding carboxylic acids is 2. The van der Waals surface area contributed by atoms with E-state index in [1.165, 1.54) is 6.07 Å². The summed E-state index contributed by atoms with van der Waals surface area (Å²) in [5.41, 5.74) is -0.305. The van der Waals surface area contributed by atoms with Gasteiger partial charge in [-0.1, -0.05) is 62.2 Å². The summed E-state index contributed by atoms with van der Waals surface area (Å²) in [6.07, 6.45) is -1.96. The predicted molar refractivity (Wildman–Crippen MR) is 145 cm³/mol. The minimum Gasteiger partial charge on any atom is -0.349 e. The van der Waals surface area contributed by atoms with E-state index in [9.17, 15) is 18.4 Å². The van der Waals surface area contributed by atoms with E-state index in [4.69, 9.17) is 23.2 Å². The topological polar surface area (TPSA) is 73.5 Å². The third-order valence-electron chi connectivity index (χ3n) is 7.92. The first kappa shape index (κ1) is 28.2. The van der Waals surface area contributed by atoms with E-state index in [0.717, 1.165) is 0 Å². The highest BCUT2D eigenvalue weighted by atomic mass is 35.5. The molecule has 11 heteroatoms. The molecule has 3 heterocycles. The quantitative estimate of drug-likeness (QED) is 0.450. The van der Waals surface area contributed by atoms with Crippen LogP contribution in [-0.4, -0.2) is 60.9 Å². The van der Waals surface area contributed by atoms with Crippen molar-refractivity contribution in [3.8, 4) is 0 Å². The molecule has 3 N–H and O–H groups in total. The molecule has 0 unspecified atom stereocenters. The Morgan fingerprint density at radius 1 is 1.21 bits per heavy atom. The molecule has 0 bridgehead atoms. The fourth-order valence-electron chi connectivity index (χ4n) is 6.45. The van der Waals surface area contributed by atoms with Gasteiger partial charge in [-0.05, 0) is 41.2 Å². The molecule has 4 atom stereocenters. The zero-order chi connectivity index (χ0) is 28.3. The molecule has 0 radical (unpaired) electrons. The van der Waals surface area contributed by atoms with Gasteiger partial charge in [0.15, 0.2) is 0 Å². The van der Waals surface area contributed by atoms with Crippen LogP contribution in [0.3, 0.4) is 0 Å². The molecular weight excluding hydrogens is 552 g/mol. The van der Waals surface area contributed by atoms with Crippen molar-refractivity contribution in [3.05, 3.63) is 63.4 Å². The second kappa shape index (κ2) is 10.3. The van der Waals surface area contributed by atoms with Crippen molar-refractivity contribution in [3.63, 3.8) is 0 Å². The second-order valence-electron chi connectivity index (χ2n) is 11.9. The molecule has 3 aliphatic heterocycles. The summed E-state index contributed by atoms with van der Waals surface area (Å²) in [6, 6.07) is 7.81. The summed E-state index contributed by atoms with van der Waals surface area (Å²) in [4.78, 5) is 29.5. The average Bonchev–Trinajstić information content (AvgIpc) is 3.28. The minimum absolute atomic E-state index is 0.113. The maximum atomic E-state index is 15.7. The largest absolute Gasteiger partial charge is 0.349 e. The first-order chi connectivity index (χ1) is 18.3. The van der Waals surface area contributed by atoms with Crippen LogP contribution in [0.4, 0.5) is 18.9 Å². The summed E-state index contributed by atoms with van der Waals surface area (Å²) in [7, 11) is 0. The Labute approximate surface area is 235 Å². The average molecular weight is 583 g/mol. The number of fused-ring (bicyclic) bond motifs is 2. The third kappa shape index (κ3) is 5.03. The number of alkyl halides is 2. The number of nitrogens with zero attached hydrogens (tertiary/aromatic N) is 1. The molecule has 0 saturated carbocycles. The van der Waals surface area contributed by atoms with Gasteiger partial charge in [0.1, 0.15) is 11.2 Å². The van der Waals surface area contributed by atoms with Crippen LogP contribution in [0.1, 0.15) is 44.2 Å². The summed E-state index contributed by atoms with van der Waals surface area (Å²) in [5, 5.41) is 9.60. The van der Waals surface area contributed by atoms with E-state index >= 15 is 4.39 Å². The SMILES string of the molecule is CC(C)(C)C[C@H]1N[C@@H](C(=O)NC2CN(CC(F)F)C2)[C@H](c2cccc(Cl)c2F)[C@@]12C(=O)Nc1cc(Cl)ccc12. The number of hydrogen-bond donors (Lipinski definition) is 3. The fourth-order valence-corrected chi connectivity index (χ4v) is 6.80. The van der Waals surface area contributed by atoms with Gasteiger partial charge < -0.3 is 16.0 Å². The molecule has 2 aromatic rings. The molecule has 2 amide bonds. The number of halogens is 5. The van der Waals surface area contributed by atoms with Crippen molar-refractivity contribution < 1.29 is 22.8 Å². The summed E-state index contributed by atoms with van der Waals surface area (Å²) >= 11 is 12.5. The third-order valence-corrected chi connectivity index (χ3v) is 8.45.